The molecule has 2 aromatic rings. The van der Waals surface area contributed by atoms with Crippen molar-refractivity contribution in [1.29, 1.82) is 0 Å². The van der Waals surface area contributed by atoms with Crippen molar-refractivity contribution in [1.82, 2.24) is 14.9 Å². The Labute approximate surface area is 214 Å². The van der Waals surface area contributed by atoms with E-state index in [0.29, 0.717) is 52.4 Å². The van der Waals surface area contributed by atoms with E-state index in [1.807, 2.05) is 19.1 Å². The lowest BCUT2D eigenvalue weighted by molar-refractivity contribution is -0.137. The zero-order chi connectivity index (χ0) is 26.3. The number of aryl methyl sites for hydroxylation is 1. The third-order valence-electron chi connectivity index (χ3n) is 6.38. The molecule has 0 spiro atoms. The summed E-state index contributed by atoms with van der Waals surface area (Å²) < 4.78 is 51.6. The van der Waals surface area contributed by atoms with Gasteiger partial charge < -0.3 is 25.0 Å². The standard InChI is InChI=1S/C26H32F3N5O3/c1-2-18-16-20(19-6-12-36-13-7-19)4-5-22(18)32-25-31-17-21(26(27,28)29)24(33-25)30-9-3-10-34-11-15-37-14-8-23(34)35/h4-6,16-17H,2-3,7-15H2,1H3,(H2,30,31,32,33). The van der Waals surface area contributed by atoms with Gasteiger partial charge in [0, 0.05) is 31.5 Å². The zero-order valence-electron chi connectivity index (χ0n) is 20.9. The van der Waals surface area contributed by atoms with Crippen LogP contribution in [0.1, 0.15) is 42.9 Å². The lowest BCUT2D eigenvalue weighted by Gasteiger charge is -2.20. The molecule has 2 N–H and O–H groups in total. The summed E-state index contributed by atoms with van der Waals surface area (Å²) in [6.07, 6.45) is 0.613. The van der Waals surface area contributed by atoms with E-state index in [1.54, 1.807) is 4.90 Å². The summed E-state index contributed by atoms with van der Waals surface area (Å²) in [6, 6.07) is 5.97. The van der Waals surface area contributed by atoms with Crippen LogP contribution in [0.25, 0.3) is 5.57 Å². The first-order valence-electron chi connectivity index (χ1n) is 12.6. The summed E-state index contributed by atoms with van der Waals surface area (Å²) >= 11 is 0. The number of anilines is 3. The number of halogens is 3. The highest BCUT2D eigenvalue weighted by molar-refractivity contribution is 5.76. The fraction of sp³-hybridized carbons (Fsp3) is 0.500. The molecule has 3 heterocycles. The number of hydrogen-bond acceptors (Lipinski definition) is 7. The van der Waals surface area contributed by atoms with Crippen LogP contribution in [-0.4, -0.2) is 66.8 Å². The minimum absolute atomic E-state index is 0.00661. The van der Waals surface area contributed by atoms with Crippen LogP contribution in [0, 0.1) is 0 Å². The van der Waals surface area contributed by atoms with Crippen molar-refractivity contribution in [2.24, 2.45) is 0 Å². The van der Waals surface area contributed by atoms with Crippen LogP contribution in [-0.2, 0) is 26.9 Å². The third-order valence-corrected chi connectivity index (χ3v) is 6.38. The summed E-state index contributed by atoms with van der Waals surface area (Å²) in [6.45, 7) is 5.29. The summed E-state index contributed by atoms with van der Waals surface area (Å²) in [7, 11) is 0. The molecule has 11 heteroatoms. The second-order valence-corrected chi connectivity index (χ2v) is 8.88. The molecule has 1 amide bonds. The first kappa shape index (κ1) is 26.9. The van der Waals surface area contributed by atoms with Crippen molar-refractivity contribution in [3.63, 3.8) is 0 Å². The van der Waals surface area contributed by atoms with E-state index in [1.165, 1.54) is 5.57 Å². The molecule has 2 aliphatic heterocycles. The Morgan fingerprint density at radius 3 is 2.73 bits per heavy atom. The Hall–Kier alpha value is -3.18. The van der Waals surface area contributed by atoms with Crippen molar-refractivity contribution in [3.05, 3.63) is 47.2 Å². The van der Waals surface area contributed by atoms with Gasteiger partial charge in [-0.25, -0.2) is 4.98 Å². The van der Waals surface area contributed by atoms with Crippen LogP contribution in [0.15, 0.2) is 30.5 Å². The number of hydrogen-bond donors (Lipinski definition) is 2. The summed E-state index contributed by atoms with van der Waals surface area (Å²) in [5.41, 5.74) is 3.14. The molecule has 1 aromatic heterocycles. The van der Waals surface area contributed by atoms with Gasteiger partial charge in [0.05, 0.1) is 32.8 Å². The largest absolute Gasteiger partial charge is 0.421 e. The van der Waals surface area contributed by atoms with E-state index in [4.69, 9.17) is 9.47 Å². The molecule has 1 fully saturated rings. The monoisotopic (exact) mass is 519 g/mol. The molecule has 8 nitrogen and oxygen atoms in total. The zero-order valence-corrected chi connectivity index (χ0v) is 20.9. The minimum atomic E-state index is -4.60. The molecular weight excluding hydrogens is 487 g/mol. The van der Waals surface area contributed by atoms with Crippen LogP contribution >= 0.6 is 0 Å². The highest BCUT2D eigenvalue weighted by Gasteiger charge is 2.35. The maximum absolute atomic E-state index is 13.6. The molecule has 2 aliphatic rings. The Morgan fingerprint density at radius 1 is 1.14 bits per heavy atom. The van der Waals surface area contributed by atoms with Gasteiger partial charge in [-0.15, -0.1) is 0 Å². The number of nitrogens with one attached hydrogen (secondary N) is 2. The number of nitrogens with zero attached hydrogens (tertiary/aromatic N) is 3. The Morgan fingerprint density at radius 2 is 1.97 bits per heavy atom. The molecule has 0 unspecified atom stereocenters. The summed E-state index contributed by atoms with van der Waals surface area (Å²) in [5.74, 6) is -0.228. The van der Waals surface area contributed by atoms with Crippen LogP contribution in [0.5, 0.6) is 0 Å². The summed E-state index contributed by atoms with van der Waals surface area (Å²) in [4.78, 5) is 21.9. The van der Waals surface area contributed by atoms with E-state index >= 15 is 0 Å². The average molecular weight is 520 g/mol. The van der Waals surface area contributed by atoms with Gasteiger partial charge in [0.15, 0.2) is 0 Å². The Balaban J connectivity index is 1.46. The predicted octanol–water partition coefficient (Wildman–Crippen LogP) is 4.66. The molecular formula is C26H32F3N5O3. The van der Waals surface area contributed by atoms with Crippen LogP contribution in [0.2, 0.25) is 0 Å². The topological polar surface area (TPSA) is 88.6 Å². The maximum atomic E-state index is 13.6. The van der Waals surface area contributed by atoms with Gasteiger partial charge in [-0.2, -0.15) is 18.2 Å². The van der Waals surface area contributed by atoms with Gasteiger partial charge in [0.25, 0.3) is 0 Å². The first-order valence-corrected chi connectivity index (χ1v) is 12.6. The number of ether oxygens (including phenoxy) is 2. The molecule has 0 bridgehead atoms. The van der Waals surface area contributed by atoms with E-state index in [2.05, 4.69) is 32.7 Å². The number of amides is 1. The van der Waals surface area contributed by atoms with Gasteiger partial charge >= 0.3 is 6.18 Å². The molecule has 0 radical (unpaired) electrons. The molecule has 0 atom stereocenters. The van der Waals surface area contributed by atoms with Crippen LogP contribution in [0.3, 0.4) is 0 Å². The van der Waals surface area contributed by atoms with E-state index < -0.39 is 11.7 Å². The van der Waals surface area contributed by atoms with Gasteiger partial charge in [-0.05, 0) is 48.1 Å². The Bertz CT molecular complexity index is 1120. The lowest BCUT2D eigenvalue weighted by atomic mass is 9.97. The van der Waals surface area contributed by atoms with E-state index in [0.717, 1.165) is 35.9 Å². The van der Waals surface area contributed by atoms with Gasteiger partial charge in [-0.1, -0.05) is 19.1 Å². The number of alkyl halides is 3. The quantitative estimate of drug-likeness (QED) is 0.466. The van der Waals surface area contributed by atoms with Crippen molar-refractivity contribution in [2.75, 3.05) is 56.7 Å². The highest BCUT2D eigenvalue weighted by atomic mass is 19.4. The molecule has 0 aliphatic carbocycles. The lowest BCUT2D eigenvalue weighted by Crippen LogP contribution is -2.33. The van der Waals surface area contributed by atoms with Gasteiger partial charge in [0.2, 0.25) is 11.9 Å². The number of rotatable bonds is 9. The highest BCUT2D eigenvalue weighted by Crippen LogP contribution is 2.34. The van der Waals surface area contributed by atoms with E-state index in [9.17, 15) is 18.0 Å². The summed E-state index contributed by atoms with van der Waals surface area (Å²) in [5, 5.41) is 5.88. The number of aromatic nitrogens is 2. The van der Waals surface area contributed by atoms with Gasteiger partial charge in [-0.3, -0.25) is 4.79 Å². The van der Waals surface area contributed by atoms with Crippen LogP contribution < -0.4 is 10.6 Å². The predicted molar refractivity (Wildman–Crippen MR) is 135 cm³/mol. The van der Waals surface area contributed by atoms with Gasteiger partial charge in [0.1, 0.15) is 11.4 Å². The fourth-order valence-corrected chi connectivity index (χ4v) is 4.33. The van der Waals surface area contributed by atoms with Crippen LogP contribution in [0.4, 0.5) is 30.6 Å². The molecule has 37 heavy (non-hydrogen) atoms. The number of carbonyl (C=O) groups is 1. The Kier molecular flexibility index (Phi) is 8.99. The molecule has 1 aromatic carbocycles. The SMILES string of the molecule is CCc1cc(C2=CCOCC2)ccc1Nc1ncc(C(F)(F)F)c(NCCCN2CCOCCC2=O)n1. The molecule has 0 saturated carbocycles. The minimum Gasteiger partial charge on any atom is -0.379 e. The van der Waals surface area contributed by atoms with Crippen molar-refractivity contribution < 1.29 is 27.4 Å². The molecule has 1 saturated heterocycles. The smallest absolute Gasteiger partial charge is 0.379 e. The average Bonchev–Trinajstić information content (AvgIpc) is 3.10. The van der Waals surface area contributed by atoms with E-state index in [-0.39, 0.29) is 24.2 Å². The van der Waals surface area contributed by atoms with Crippen molar-refractivity contribution in [3.8, 4) is 0 Å². The number of benzene rings is 1. The normalized spacial score (nSPS) is 16.8. The maximum Gasteiger partial charge on any atom is 0.421 e. The second kappa shape index (κ2) is 12.4. The van der Waals surface area contributed by atoms with Crippen molar-refractivity contribution >= 4 is 28.9 Å². The fourth-order valence-electron chi connectivity index (χ4n) is 4.33. The second-order valence-electron chi connectivity index (χ2n) is 8.88. The molecule has 4 rings (SSSR count). The number of carbonyl (C=O) groups excluding carboxylic acids is 1. The first-order chi connectivity index (χ1) is 17.8. The third kappa shape index (κ3) is 7.20. The molecule has 200 valence electrons. The van der Waals surface area contributed by atoms with Crippen molar-refractivity contribution in [2.45, 2.75) is 38.8 Å².